The molecule has 1 aromatic carbocycles. The van der Waals surface area contributed by atoms with Gasteiger partial charge in [-0.1, -0.05) is 30.3 Å². The maximum Gasteiger partial charge on any atom is 0.407 e. The van der Waals surface area contributed by atoms with Crippen molar-refractivity contribution in [3.05, 3.63) is 35.9 Å². The Morgan fingerprint density at radius 2 is 1.79 bits per heavy atom. The summed E-state index contributed by atoms with van der Waals surface area (Å²) in [6, 6.07) is 10.0. The molecule has 0 saturated carbocycles. The lowest BCUT2D eigenvalue weighted by atomic mass is 10.0. The molecule has 4 heteroatoms. The fraction of sp³-hybridized carbons (Fsp3) is 0.533. The molecule has 1 amide bonds. The molecular formula is C15H24N2O2. The number of alkyl carbamates (subject to hydrolysis) is 1. The van der Waals surface area contributed by atoms with E-state index in [9.17, 15) is 4.79 Å². The van der Waals surface area contributed by atoms with Gasteiger partial charge in [0.25, 0.3) is 0 Å². The highest BCUT2D eigenvalue weighted by Crippen LogP contribution is 2.16. The van der Waals surface area contributed by atoms with Gasteiger partial charge in [-0.15, -0.1) is 0 Å². The van der Waals surface area contributed by atoms with Crippen molar-refractivity contribution in [2.75, 3.05) is 7.05 Å². The van der Waals surface area contributed by atoms with Gasteiger partial charge in [0.2, 0.25) is 0 Å². The van der Waals surface area contributed by atoms with E-state index in [1.165, 1.54) is 0 Å². The summed E-state index contributed by atoms with van der Waals surface area (Å²) in [7, 11) is 1.88. The summed E-state index contributed by atoms with van der Waals surface area (Å²) in [6.45, 7) is 7.51. The van der Waals surface area contributed by atoms with Gasteiger partial charge in [-0.2, -0.15) is 0 Å². The van der Waals surface area contributed by atoms with Gasteiger partial charge in [0.1, 0.15) is 5.60 Å². The fourth-order valence-electron chi connectivity index (χ4n) is 1.94. The summed E-state index contributed by atoms with van der Waals surface area (Å²) in [5.41, 5.74) is 0.652. The third kappa shape index (κ3) is 5.30. The Hall–Kier alpha value is -1.55. The SMILES string of the molecule is CN[C@@H](c1ccccc1)[C@@H](C)NC(=O)OC(C)(C)C. The average Bonchev–Trinajstić information content (AvgIpc) is 2.28. The molecule has 2 N–H and O–H groups in total. The summed E-state index contributed by atoms with van der Waals surface area (Å²) in [5, 5.41) is 6.08. The van der Waals surface area contributed by atoms with Gasteiger partial charge in [-0.05, 0) is 40.3 Å². The Bertz CT molecular complexity index is 398. The minimum atomic E-state index is -0.480. The highest BCUT2D eigenvalue weighted by molar-refractivity contribution is 5.68. The fourth-order valence-corrected chi connectivity index (χ4v) is 1.94. The molecule has 0 aliphatic heterocycles. The minimum Gasteiger partial charge on any atom is -0.444 e. The van der Waals surface area contributed by atoms with E-state index < -0.39 is 11.7 Å². The number of hydrogen-bond donors (Lipinski definition) is 2. The lowest BCUT2D eigenvalue weighted by Crippen LogP contribution is -2.43. The molecule has 1 aromatic rings. The largest absolute Gasteiger partial charge is 0.444 e. The second kappa shape index (κ2) is 6.57. The maximum atomic E-state index is 11.8. The highest BCUT2D eigenvalue weighted by atomic mass is 16.6. The Morgan fingerprint density at radius 3 is 2.26 bits per heavy atom. The molecule has 0 aliphatic rings. The number of rotatable bonds is 4. The molecular weight excluding hydrogens is 240 g/mol. The zero-order valence-corrected chi connectivity index (χ0v) is 12.4. The third-order valence-electron chi connectivity index (χ3n) is 2.71. The number of benzene rings is 1. The summed E-state index contributed by atoms with van der Waals surface area (Å²) in [4.78, 5) is 11.8. The molecule has 106 valence electrons. The quantitative estimate of drug-likeness (QED) is 0.879. The number of amides is 1. The molecule has 0 unspecified atom stereocenters. The number of likely N-dealkylation sites (N-methyl/N-ethyl adjacent to an activating group) is 1. The van der Waals surface area contributed by atoms with Gasteiger partial charge >= 0.3 is 6.09 Å². The first kappa shape index (κ1) is 15.5. The molecule has 0 heterocycles. The molecule has 4 nitrogen and oxygen atoms in total. The van der Waals surface area contributed by atoms with E-state index >= 15 is 0 Å². The summed E-state index contributed by atoms with van der Waals surface area (Å²) >= 11 is 0. The van der Waals surface area contributed by atoms with Gasteiger partial charge in [0.05, 0.1) is 6.04 Å². The number of hydrogen-bond acceptors (Lipinski definition) is 3. The van der Waals surface area contributed by atoms with Crippen molar-refractivity contribution in [1.29, 1.82) is 0 Å². The molecule has 0 aromatic heterocycles. The van der Waals surface area contributed by atoms with Crippen molar-refractivity contribution in [3.63, 3.8) is 0 Å². The zero-order chi connectivity index (χ0) is 14.5. The number of carbonyl (C=O) groups excluding carboxylic acids is 1. The first-order chi connectivity index (χ1) is 8.83. The van der Waals surface area contributed by atoms with Crippen LogP contribution in [0.1, 0.15) is 39.3 Å². The first-order valence-electron chi connectivity index (χ1n) is 6.55. The molecule has 2 atom stereocenters. The van der Waals surface area contributed by atoms with Crippen LogP contribution in [0.2, 0.25) is 0 Å². The van der Waals surface area contributed by atoms with Crippen molar-refractivity contribution < 1.29 is 9.53 Å². The lowest BCUT2D eigenvalue weighted by molar-refractivity contribution is 0.0498. The van der Waals surface area contributed by atoms with Crippen molar-refractivity contribution in [3.8, 4) is 0 Å². The van der Waals surface area contributed by atoms with Gasteiger partial charge in [-0.3, -0.25) is 0 Å². The van der Waals surface area contributed by atoms with Crippen molar-refractivity contribution >= 4 is 6.09 Å². The standard InChI is InChI=1S/C15H24N2O2/c1-11(17-14(18)19-15(2,3)4)13(16-5)12-9-7-6-8-10-12/h6-11,13,16H,1-5H3,(H,17,18)/t11-,13-/m1/s1. The number of ether oxygens (including phenoxy) is 1. The van der Waals surface area contributed by atoms with E-state index in [0.717, 1.165) is 5.56 Å². The molecule has 1 rings (SSSR count). The Kier molecular flexibility index (Phi) is 5.36. The Labute approximate surface area is 115 Å². The maximum absolute atomic E-state index is 11.8. The van der Waals surface area contributed by atoms with Gasteiger partial charge in [-0.25, -0.2) is 4.79 Å². The molecule has 0 aliphatic carbocycles. The molecule has 0 fully saturated rings. The molecule has 0 spiro atoms. The van der Waals surface area contributed by atoms with Crippen molar-refractivity contribution in [2.24, 2.45) is 0 Å². The van der Waals surface area contributed by atoms with E-state index in [1.807, 2.05) is 65.1 Å². The van der Waals surface area contributed by atoms with Gasteiger partial charge in [0.15, 0.2) is 0 Å². The van der Waals surface area contributed by atoms with Crippen LogP contribution in [-0.2, 0) is 4.74 Å². The minimum absolute atomic E-state index is 0.0497. The topological polar surface area (TPSA) is 50.4 Å². The second-order valence-electron chi connectivity index (χ2n) is 5.61. The predicted octanol–water partition coefficient (Wildman–Crippen LogP) is 2.86. The van der Waals surface area contributed by atoms with Gasteiger partial charge in [0, 0.05) is 6.04 Å². The number of carbonyl (C=O) groups is 1. The van der Waals surface area contributed by atoms with Crippen LogP contribution in [0.5, 0.6) is 0 Å². The van der Waals surface area contributed by atoms with Crippen LogP contribution in [-0.4, -0.2) is 24.8 Å². The van der Waals surface area contributed by atoms with Gasteiger partial charge < -0.3 is 15.4 Å². The van der Waals surface area contributed by atoms with Crippen LogP contribution >= 0.6 is 0 Å². The summed E-state index contributed by atoms with van der Waals surface area (Å²) < 4.78 is 5.26. The van der Waals surface area contributed by atoms with E-state index in [1.54, 1.807) is 0 Å². The van der Waals surface area contributed by atoms with Crippen molar-refractivity contribution in [1.82, 2.24) is 10.6 Å². The summed E-state index contributed by atoms with van der Waals surface area (Å²) in [5.74, 6) is 0. The highest BCUT2D eigenvalue weighted by Gasteiger charge is 2.22. The number of nitrogens with one attached hydrogen (secondary N) is 2. The van der Waals surface area contributed by atoms with Crippen LogP contribution in [0.3, 0.4) is 0 Å². The van der Waals surface area contributed by atoms with E-state index in [2.05, 4.69) is 10.6 Å². The molecule has 0 bridgehead atoms. The lowest BCUT2D eigenvalue weighted by Gasteiger charge is -2.27. The zero-order valence-electron chi connectivity index (χ0n) is 12.4. The Balaban J connectivity index is 2.65. The van der Waals surface area contributed by atoms with Crippen LogP contribution in [0.25, 0.3) is 0 Å². The van der Waals surface area contributed by atoms with Crippen LogP contribution in [0.4, 0.5) is 4.79 Å². The predicted molar refractivity (Wildman–Crippen MR) is 77.1 cm³/mol. The van der Waals surface area contributed by atoms with E-state index in [-0.39, 0.29) is 12.1 Å². The van der Waals surface area contributed by atoms with Crippen LogP contribution < -0.4 is 10.6 Å². The monoisotopic (exact) mass is 264 g/mol. The second-order valence-corrected chi connectivity index (χ2v) is 5.61. The smallest absolute Gasteiger partial charge is 0.407 e. The van der Waals surface area contributed by atoms with Crippen LogP contribution in [0.15, 0.2) is 30.3 Å². The molecule has 0 radical (unpaired) electrons. The third-order valence-corrected chi connectivity index (χ3v) is 2.71. The Morgan fingerprint density at radius 1 is 1.21 bits per heavy atom. The van der Waals surface area contributed by atoms with Crippen LogP contribution in [0, 0.1) is 0 Å². The van der Waals surface area contributed by atoms with E-state index in [4.69, 9.17) is 4.74 Å². The average molecular weight is 264 g/mol. The van der Waals surface area contributed by atoms with Crippen molar-refractivity contribution in [2.45, 2.75) is 45.4 Å². The summed E-state index contributed by atoms with van der Waals surface area (Å²) in [6.07, 6.45) is -0.392. The normalized spacial score (nSPS) is 14.6. The first-order valence-corrected chi connectivity index (χ1v) is 6.55. The molecule has 19 heavy (non-hydrogen) atoms. The molecule has 0 saturated heterocycles. The van der Waals surface area contributed by atoms with E-state index in [0.29, 0.717) is 0 Å².